The van der Waals surface area contributed by atoms with Gasteiger partial charge >= 0.3 is 0 Å². The number of hydrogen-bond donors (Lipinski definition) is 2. The Morgan fingerprint density at radius 1 is 1.41 bits per heavy atom. The molecule has 0 aliphatic heterocycles. The lowest BCUT2D eigenvalue weighted by Crippen LogP contribution is -2.24. The number of rotatable bonds is 5. The number of carbonyl (C=O) groups is 1. The fraction of sp³-hybridized carbons (Fsp3) is 0.583. The third kappa shape index (κ3) is 3.69. The van der Waals surface area contributed by atoms with Crippen molar-refractivity contribution in [3.63, 3.8) is 0 Å². The summed E-state index contributed by atoms with van der Waals surface area (Å²) in [6.45, 7) is 1.43. The number of fused-ring (bicyclic) bond motifs is 1. The van der Waals surface area contributed by atoms with E-state index in [1.807, 2.05) is 0 Å². The first-order valence-corrected chi connectivity index (χ1v) is 6.73. The second-order valence-corrected chi connectivity index (χ2v) is 5.30. The number of amides is 1. The molecular weight excluding hydrogens is 256 g/mol. The van der Waals surface area contributed by atoms with Crippen LogP contribution in [0.2, 0.25) is 0 Å². The smallest absolute Gasteiger partial charge is 0.261 e. The SMILES string of the molecule is Cl.NCCCCNC(=O)c1cc2c(s1)CCC2. The summed E-state index contributed by atoms with van der Waals surface area (Å²) in [5, 5.41) is 2.94. The highest BCUT2D eigenvalue weighted by atomic mass is 35.5. The van der Waals surface area contributed by atoms with Gasteiger partial charge in [-0.1, -0.05) is 0 Å². The molecule has 0 fully saturated rings. The van der Waals surface area contributed by atoms with E-state index in [0.29, 0.717) is 6.54 Å². The largest absolute Gasteiger partial charge is 0.351 e. The van der Waals surface area contributed by atoms with Gasteiger partial charge in [0, 0.05) is 11.4 Å². The number of nitrogens with one attached hydrogen (secondary N) is 1. The molecule has 96 valence electrons. The number of nitrogens with two attached hydrogens (primary N) is 1. The molecule has 0 spiro atoms. The number of unbranched alkanes of at least 4 members (excludes halogenated alkanes) is 1. The Kier molecular flexibility index (Phi) is 5.95. The van der Waals surface area contributed by atoms with Gasteiger partial charge in [0.15, 0.2) is 0 Å². The fourth-order valence-electron chi connectivity index (χ4n) is 2.00. The first kappa shape index (κ1) is 14.5. The van der Waals surface area contributed by atoms with Crippen LogP contribution in [0.4, 0.5) is 0 Å². The zero-order valence-corrected chi connectivity index (χ0v) is 11.5. The minimum atomic E-state index is 0. The quantitative estimate of drug-likeness (QED) is 0.808. The average Bonchev–Trinajstić information content (AvgIpc) is 2.83. The Bertz CT molecular complexity index is 357. The normalized spacial score (nSPS) is 13.0. The molecular formula is C12H19ClN2OS. The summed E-state index contributed by atoms with van der Waals surface area (Å²) in [5.74, 6) is 0.0800. The van der Waals surface area contributed by atoms with Crippen molar-refractivity contribution < 1.29 is 4.79 Å². The van der Waals surface area contributed by atoms with E-state index >= 15 is 0 Å². The monoisotopic (exact) mass is 274 g/mol. The molecule has 5 heteroatoms. The van der Waals surface area contributed by atoms with Gasteiger partial charge in [-0.3, -0.25) is 4.79 Å². The Balaban J connectivity index is 0.00000144. The van der Waals surface area contributed by atoms with Gasteiger partial charge in [-0.05, 0) is 50.3 Å². The molecule has 2 rings (SSSR count). The minimum absolute atomic E-state index is 0. The lowest BCUT2D eigenvalue weighted by molar-refractivity contribution is 0.0957. The number of carbonyl (C=O) groups excluding carboxylic acids is 1. The summed E-state index contributed by atoms with van der Waals surface area (Å²) in [4.78, 5) is 14.1. The molecule has 1 heterocycles. The van der Waals surface area contributed by atoms with Crippen LogP contribution in [0.15, 0.2) is 6.07 Å². The van der Waals surface area contributed by atoms with Crippen molar-refractivity contribution >= 4 is 29.7 Å². The zero-order chi connectivity index (χ0) is 11.4. The molecule has 17 heavy (non-hydrogen) atoms. The highest BCUT2D eigenvalue weighted by molar-refractivity contribution is 7.14. The van der Waals surface area contributed by atoms with Crippen molar-refractivity contribution in [2.75, 3.05) is 13.1 Å². The molecule has 0 unspecified atom stereocenters. The van der Waals surface area contributed by atoms with Crippen LogP contribution >= 0.6 is 23.7 Å². The zero-order valence-electron chi connectivity index (χ0n) is 9.83. The molecule has 1 aromatic rings. The second kappa shape index (κ2) is 6.99. The van der Waals surface area contributed by atoms with Crippen molar-refractivity contribution in [1.29, 1.82) is 0 Å². The molecule has 0 saturated carbocycles. The molecule has 0 bridgehead atoms. The molecule has 0 atom stereocenters. The van der Waals surface area contributed by atoms with E-state index in [1.54, 1.807) is 11.3 Å². The van der Waals surface area contributed by atoms with Gasteiger partial charge in [0.1, 0.15) is 0 Å². The minimum Gasteiger partial charge on any atom is -0.351 e. The summed E-state index contributed by atoms with van der Waals surface area (Å²) in [7, 11) is 0. The predicted molar refractivity (Wildman–Crippen MR) is 74.2 cm³/mol. The fourth-order valence-corrected chi connectivity index (χ4v) is 3.17. The van der Waals surface area contributed by atoms with E-state index in [2.05, 4.69) is 11.4 Å². The third-order valence-electron chi connectivity index (χ3n) is 2.89. The van der Waals surface area contributed by atoms with Gasteiger partial charge in [-0.2, -0.15) is 0 Å². The Labute approximate surface area is 112 Å². The predicted octanol–water partition coefficient (Wildman–Crippen LogP) is 2.13. The Morgan fingerprint density at radius 3 is 2.94 bits per heavy atom. The molecule has 1 aliphatic carbocycles. The number of hydrogen-bond acceptors (Lipinski definition) is 3. The maximum Gasteiger partial charge on any atom is 0.261 e. The third-order valence-corrected chi connectivity index (χ3v) is 4.12. The van der Waals surface area contributed by atoms with Crippen molar-refractivity contribution in [2.45, 2.75) is 32.1 Å². The molecule has 1 aliphatic rings. The summed E-state index contributed by atoms with van der Waals surface area (Å²) in [5.41, 5.74) is 6.78. The van der Waals surface area contributed by atoms with Crippen LogP contribution < -0.4 is 11.1 Å². The summed E-state index contributed by atoms with van der Waals surface area (Å²) >= 11 is 1.66. The molecule has 0 radical (unpaired) electrons. The van der Waals surface area contributed by atoms with E-state index in [4.69, 9.17) is 5.73 Å². The van der Waals surface area contributed by atoms with E-state index < -0.39 is 0 Å². The van der Waals surface area contributed by atoms with Crippen molar-refractivity contribution in [3.05, 3.63) is 21.4 Å². The van der Waals surface area contributed by atoms with Crippen LogP contribution in [0.3, 0.4) is 0 Å². The van der Waals surface area contributed by atoms with E-state index in [-0.39, 0.29) is 18.3 Å². The van der Waals surface area contributed by atoms with E-state index in [0.717, 1.165) is 37.1 Å². The van der Waals surface area contributed by atoms with Crippen LogP contribution in [0, 0.1) is 0 Å². The van der Waals surface area contributed by atoms with Crippen LogP contribution in [0.5, 0.6) is 0 Å². The van der Waals surface area contributed by atoms with E-state index in [1.165, 1.54) is 16.9 Å². The Morgan fingerprint density at radius 2 is 2.24 bits per heavy atom. The summed E-state index contributed by atoms with van der Waals surface area (Å²) in [6.07, 6.45) is 5.49. The van der Waals surface area contributed by atoms with Gasteiger partial charge in [0.25, 0.3) is 5.91 Å². The molecule has 3 nitrogen and oxygen atoms in total. The lowest BCUT2D eigenvalue weighted by Gasteiger charge is -2.02. The van der Waals surface area contributed by atoms with E-state index in [9.17, 15) is 4.79 Å². The van der Waals surface area contributed by atoms with Gasteiger partial charge in [-0.25, -0.2) is 0 Å². The lowest BCUT2D eigenvalue weighted by atomic mass is 10.2. The standard InChI is InChI=1S/C12H18N2OS.ClH/c13-6-1-2-7-14-12(15)11-8-9-4-3-5-10(9)16-11;/h8H,1-7,13H2,(H,14,15);1H. The maximum atomic E-state index is 11.8. The molecule has 1 aromatic heterocycles. The van der Waals surface area contributed by atoms with Gasteiger partial charge in [0.05, 0.1) is 4.88 Å². The average molecular weight is 275 g/mol. The number of halogens is 1. The van der Waals surface area contributed by atoms with Gasteiger partial charge < -0.3 is 11.1 Å². The van der Waals surface area contributed by atoms with Crippen LogP contribution in [-0.2, 0) is 12.8 Å². The first-order valence-electron chi connectivity index (χ1n) is 5.91. The van der Waals surface area contributed by atoms with Crippen LogP contribution in [0.1, 0.15) is 39.4 Å². The van der Waals surface area contributed by atoms with Crippen molar-refractivity contribution in [2.24, 2.45) is 5.73 Å². The second-order valence-electron chi connectivity index (χ2n) is 4.16. The topological polar surface area (TPSA) is 55.1 Å². The highest BCUT2D eigenvalue weighted by Crippen LogP contribution is 2.30. The highest BCUT2D eigenvalue weighted by Gasteiger charge is 2.17. The summed E-state index contributed by atoms with van der Waals surface area (Å²) < 4.78 is 0. The molecule has 0 saturated heterocycles. The van der Waals surface area contributed by atoms with Gasteiger partial charge in [-0.15, -0.1) is 23.7 Å². The first-order chi connectivity index (χ1) is 7.81. The van der Waals surface area contributed by atoms with Crippen molar-refractivity contribution in [1.82, 2.24) is 5.32 Å². The van der Waals surface area contributed by atoms with Crippen molar-refractivity contribution in [3.8, 4) is 0 Å². The molecule has 1 amide bonds. The molecule has 0 aromatic carbocycles. The Hall–Kier alpha value is -0.580. The maximum absolute atomic E-state index is 11.8. The number of aryl methyl sites for hydroxylation is 2. The van der Waals surface area contributed by atoms with Gasteiger partial charge in [0.2, 0.25) is 0 Å². The number of thiophene rings is 1. The van der Waals surface area contributed by atoms with Crippen LogP contribution in [0.25, 0.3) is 0 Å². The molecule has 3 N–H and O–H groups in total. The van der Waals surface area contributed by atoms with Crippen LogP contribution in [-0.4, -0.2) is 19.0 Å². The summed E-state index contributed by atoms with van der Waals surface area (Å²) in [6, 6.07) is 2.06.